The Labute approximate surface area is 109 Å². The van der Waals surface area contributed by atoms with Gasteiger partial charge < -0.3 is 9.88 Å². The monoisotopic (exact) mass is 242 g/mol. The Kier molecular flexibility index (Phi) is 3.13. The zero-order valence-corrected chi connectivity index (χ0v) is 11.4. The third-order valence-corrected chi connectivity index (χ3v) is 3.86. The predicted molar refractivity (Wildman–Crippen MR) is 77.0 cm³/mol. The first-order chi connectivity index (χ1) is 8.74. The van der Waals surface area contributed by atoms with Crippen LogP contribution < -0.4 is 5.32 Å². The molecule has 1 fully saturated rings. The molecular formula is C16H22N2. The summed E-state index contributed by atoms with van der Waals surface area (Å²) >= 11 is 0. The Morgan fingerprint density at radius 3 is 2.94 bits per heavy atom. The Hall–Kier alpha value is -1.28. The highest BCUT2D eigenvalue weighted by atomic mass is 14.9. The number of nitrogens with one attached hydrogen (secondary N) is 1. The SMILES string of the molecule is Cc1ccc2c(c1)c(CCCNC1CC1)cn2C. The molecule has 1 N–H and O–H groups in total. The van der Waals surface area contributed by atoms with Gasteiger partial charge in [0.25, 0.3) is 0 Å². The molecule has 1 aromatic carbocycles. The van der Waals surface area contributed by atoms with Gasteiger partial charge >= 0.3 is 0 Å². The van der Waals surface area contributed by atoms with Gasteiger partial charge in [-0.15, -0.1) is 0 Å². The van der Waals surface area contributed by atoms with E-state index in [2.05, 4.69) is 48.3 Å². The van der Waals surface area contributed by atoms with Gasteiger partial charge in [-0.05, 0) is 56.8 Å². The number of rotatable bonds is 5. The third kappa shape index (κ3) is 2.44. The van der Waals surface area contributed by atoms with Crippen molar-refractivity contribution in [1.29, 1.82) is 0 Å². The molecule has 0 radical (unpaired) electrons. The van der Waals surface area contributed by atoms with E-state index in [9.17, 15) is 0 Å². The molecule has 1 aromatic heterocycles. The maximum absolute atomic E-state index is 3.59. The molecule has 1 heterocycles. The van der Waals surface area contributed by atoms with Crippen molar-refractivity contribution in [2.45, 2.75) is 38.6 Å². The lowest BCUT2D eigenvalue weighted by Gasteiger charge is -2.02. The maximum atomic E-state index is 3.59. The summed E-state index contributed by atoms with van der Waals surface area (Å²) in [4.78, 5) is 0. The standard InChI is InChI=1S/C16H22N2/c1-12-5-8-16-15(10-12)13(11-18(16)2)4-3-9-17-14-6-7-14/h5,8,10-11,14,17H,3-4,6-7,9H2,1-2H3. The van der Waals surface area contributed by atoms with Crippen LogP contribution in [0.3, 0.4) is 0 Å². The summed E-state index contributed by atoms with van der Waals surface area (Å²) in [5, 5.41) is 5.02. The van der Waals surface area contributed by atoms with E-state index in [0.717, 1.165) is 12.6 Å². The van der Waals surface area contributed by atoms with Crippen LogP contribution in [-0.4, -0.2) is 17.2 Å². The number of aromatic nitrogens is 1. The molecule has 18 heavy (non-hydrogen) atoms. The van der Waals surface area contributed by atoms with Crippen LogP contribution in [0, 0.1) is 6.92 Å². The fourth-order valence-corrected chi connectivity index (χ4v) is 2.66. The van der Waals surface area contributed by atoms with Crippen molar-refractivity contribution < 1.29 is 0 Å². The molecular weight excluding hydrogens is 220 g/mol. The third-order valence-electron chi connectivity index (χ3n) is 3.86. The Bertz CT molecular complexity index is 549. The molecule has 0 aliphatic heterocycles. The van der Waals surface area contributed by atoms with Gasteiger partial charge in [0.1, 0.15) is 0 Å². The Morgan fingerprint density at radius 1 is 1.33 bits per heavy atom. The van der Waals surface area contributed by atoms with Gasteiger partial charge in [0.2, 0.25) is 0 Å². The molecule has 1 aliphatic rings. The van der Waals surface area contributed by atoms with Gasteiger partial charge in [-0.2, -0.15) is 0 Å². The van der Waals surface area contributed by atoms with Crippen molar-refractivity contribution >= 4 is 10.9 Å². The topological polar surface area (TPSA) is 17.0 Å². The number of nitrogens with zero attached hydrogens (tertiary/aromatic N) is 1. The van der Waals surface area contributed by atoms with Crippen LogP contribution in [0.5, 0.6) is 0 Å². The van der Waals surface area contributed by atoms with Crippen LogP contribution >= 0.6 is 0 Å². The summed E-state index contributed by atoms with van der Waals surface area (Å²) in [5.41, 5.74) is 4.20. The van der Waals surface area contributed by atoms with E-state index in [-0.39, 0.29) is 0 Å². The fourth-order valence-electron chi connectivity index (χ4n) is 2.66. The molecule has 1 saturated carbocycles. The molecule has 0 amide bonds. The zero-order chi connectivity index (χ0) is 12.5. The Balaban J connectivity index is 1.71. The van der Waals surface area contributed by atoms with Crippen molar-refractivity contribution in [2.24, 2.45) is 7.05 Å². The highest BCUT2D eigenvalue weighted by Gasteiger charge is 2.19. The molecule has 2 heteroatoms. The number of hydrogen-bond acceptors (Lipinski definition) is 1. The minimum atomic E-state index is 0.833. The van der Waals surface area contributed by atoms with E-state index in [0.29, 0.717) is 0 Å². The molecule has 2 nitrogen and oxygen atoms in total. The van der Waals surface area contributed by atoms with Crippen molar-refractivity contribution in [3.8, 4) is 0 Å². The van der Waals surface area contributed by atoms with E-state index >= 15 is 0 Å². The second-order valence-electron chi connectivity index (χ2n) is 5.62. The van der Waals surface area contributed by atoms with Crippen LogP contribution in [0.15, 0.2) is 24.4 Å². The van der Waals surface area contributed by atoms with Gasteiger partial charge in [-0.1, -0.05) is 11.6 Å². The summed E-state index contributed by atoms with van der Waals surface area (Å²) in [7, 11) is 2.14. The minimum Gasteiger partial charge on any atom is -0.350 e. The van der Waals surface area contributed by atoms with E-state index < -0.39 is 0 Å². The summed E-state index contributed by atoms with van der Waals surface area (Å²) in [5.74, 6) is 0. The maximum Gasteiger partial charge on any atom is 0.0480 e. The number of benzene rings is 1. The predicted octanol–water partition coefficient (Wildman–Crippen LogP) is 3.17. The van der Waals surface area contributed by atoms with Crippen LogP contribution in [0.4, 0.5) is 0 Å². The van der Waals surface area contributed by atoms with Crippen molar-refractivity contribution in [3.05, 3.63) is 35.5 Å². The molecule has 0 atom stereocenters. The largest absolute Gasteiger partial charge is 0.350 e. The number of fused-ring (bicyclic) bond motifs is 1. The van der Waals surface area contributed by atoms with Crippen molar-refractivity contribution in [2.75, 3.05) is 6.54 Å². The van der Waals surface area contributed by atoms with Gasteiger partial charge in [-0.25, -0.2) is 0 Å². The summed E-state index contributed by atoms with van der Waals surface area (Å²) in [6.07, 6.45) is 7.48. The van der Waals surface area contributed by atoms with Gasteiger partial charge in [0.05, 0.1) is 0 Å². The molecule has 0 unspecified atom stereocenters. The normalized spacial score (nSPS) is 15.4. The first kappa shape index (κ1) is 11.8. The highest BCUT2D eigenvalue weighted by Crippen LogP contribution is 2.23. The van der Waals surface area contributed by atoms with Gasteiger partial charge in [0.15, 0.2) is 0 Å². The summed E-state index contributed by atoms with van der Waals surface area (Å²) in [6, 6.07) is 7.58. The van der Waals surface area contributed by atoms with Crippen LogP contribution in [0.25, 0.3) is 10.9 Å². The molecule has 0 saturated heterocycles. The van der Waals surface area contributed by atoms with E-state index in [1.54, 1.807) is 0 Å². The molecule has 1 aliphatic carbocycles. The first-order valence-corrected chi connectivity index (χ1v) is 7.02. The van der Waals surface area contributed by atoms with E-state index in [1.807, 2.05) is 0 Å². The second-order valence-corrected chi connectivity index (χ2v) is 5.62. The lowest BCUT2D eigenvalue weighted by atomic mass is 10.1. The van der Waals surface area contributed by atoms with Gasteiger partial charge in [0, 0.05) is 30.2 Å². The number of aryl methyl sites for hydroxylation is 3. The zero-order valence-electron chi connectivity index (χ0n) is 11.4. The van der Waals surface area contributed by atoms with Crippen molar-refractivity contribution in [3.63, 3.8) is 0 Å². The average molecular weight is 242 g/mol. The van der Waals surface area contributed by atoms with Crippen LogP contribution in [0.1, 0.15) is 30.4 Å². The van der Waals surface area contributed by atoms with E-state index in [4.69, 9.17) is 0 Å². The molecule has 2 aromatic rings. The quantitative estimate of drug-likeness (QED) is 0.797. The summed E-state index contributed by atoms with van der Waals surface area (Å²) in [6.45, 7) is 3.33. The lowest BCUT2D eigenvalue weighted by Crippen LogP contribution is -2.17. The molecule has 96 valence electrons. The second kappa shape index (κ2) is 4.77. The highest BCUT2D eigenvalue weighted by molar-refractivity contribution is 5.84. The minimum absolute atomic E-state index is 0.833. The van der Waals surface area contributed by atoms with Crippen LogP contribution in [-0.2, 0) is 13.5 Å². The average Bonchev–Trinajstić information content (AvgIpc) is 3.12. The number of hydrogen-bond donors (Lipinski definition) is 1. The van der Waals surface area contributed by atoms with E-state index in [1.165, 1.54) is 47.7 Å². The molecule has 3 rings (SSSR count). The first-order valence-electron chi connectivity index (χ1n) is 7.02. The molecule has 0 bridgehead atoms. The fraction of sp³-hybridized carbons (Fsp3) is 0.500. The summed E-state index contributed by atoms with van der Waals surface area (Å²) < 4.78 is 2.25. The Morgan fingerprint density at radius 2 is 2.17 bits per heavy atom. The van der Waals surface area contributed by atoms with Crippen molar-refractivity contribution in [1.82, 2.24) is 9.88 Å². The molecule has 0 spiro atoms. The lowest BCUT2D eigenvalue weighted by molar-refractivity contribution is 0.646. The van der Waals surface area contributed by atoms with Gasteiger partial charge in [-0.3, -0.25) is 0 Å². The van der Waals surface area contributed by atoms with Crippen LogP contribution in [0.2, 0.25) is 0 Å². The smallest absolute Gasteiger partial charge is 0.0480 e.